The maximum atomic E-state index is 14.5. The molecule has 0 aromatic heterocycles. The van der Waals surface area contributed by atoms with Crippen LogP contribution in [0.2, 0.25) is 0 Å². The maximum absolute atomic E-state index is 14.5. The molecule has 0 saturated carbocycles. The van der Waals surface area contributed by atoms with E-state index in [1.807, 2.05) is 19.9 Å². The minimum absolute atomic E-state index is 0.162. The second-order valence-corrected chi connectivity index (χ2v) is 7.71. The molecule has 2 unspecified atom stereocenters. The lowest BCUT2D eigenvalue weighted by Gasteiger charge is -2.32. The van der Waals surface area contributed by atoms with E-state index in [1.165, 1.54) is 24.3 Å². The predicted molar refractivity (Wildman–Crippen MR) is 128 cm³/mol. The van der Waals surface area contributed by atoms with Crippen molar-refractivity contribution in [2.24, 2.45) is 5.92 Å². The monoisotopic (exact) mass is 461 g/mol. The van der Waals surface area contributed by atoms with Gasteiger partial charge in [-0.3, -0.25) is 0 Å². The van der Waals surface area contributed by atoms with Crippen LogP contribution in [-0.4, -0.2) is 31.5 Å². The van der Waals surface area contributed by atoms with Crippen molar-refractivity contribution in [1.82, 2.24) is 5.32 Å². The number of benzene rings is 2. The van der Waals surface area contributed by atoms with Gasteiger partial charge in [-0.05, 0) is 42.3 Å². The molecule has 0 fully saturated rings. The summed E-state index contributed by atoms with van der Waals surface area (Å²) >= 11 is 0. The fourth-order valence-corrected chi connectivity index (χ4v) is 3.81. The maximum Gasteiger partial charge on any atom is 0.149 e. The average Bonchev–Trinajstić information content (AvgIpc) is 3.51. The van der Waals surface area contributed by atoms with Crippen molar-refractivity contribution in [1.29, 1.82) is 5.41 Å². The van der Waals surface area contributed by atoms with Crippen LogP contribution >= 0.6 is 0 Å². The first-order valence-electron chi connectivity index (χ1n) is 11.4. The molecule has 0 heterocycles. The lowest BCUT2D eigenvalue weighted by atomic mass is 9.81. The molecule has 0 saturated heterocycles. The molecule has 0 radical (unpaired) electrons. The van der Waals surface area contributed by atoms with Crippen LogP contribution in [0.3, 0.4) is 0 Å². The zero-order valence-corrected chi connectivity index (χ0v) is 19.8. The van der Waals surface area contributed by atoms with E-state index in [4.69, 9.17) is 10.1 Å². The van der Waals surface area contributed by atoms with Crippen molar-refractivity contribution < 1.29 is 17.9 Å². The smallest absolute Gasteiger partial charge is 0.149 e. The van der Waals surface area contributed by atoms with Crippen LogP contribution in [0, 0.1) is 28.8 Å². The molecule has 0 spiro atoms. The second kappa shape index (κ2) is 12.4. The van der Waals surface area contributed by atoms with E-state index in [1.54, 1.807) is 19.2 Å². The summed E-state index contributed by atoms with van der Waals surface area (Å²) in [7, 11) is 1.61. The Balaban J connectivity index is 0.00000187. The van der Waals surface area contributed by atoms with Crippen molar-refractivity contribution in [3.8, 4) is 0 Å². The van der Waals surface area contributed by atoms with Crippen LogP contribution in [0.4, 0.5) is 18.9 Å². The molecular formula is C26H34F3N3O. The SMILES string of the molecule is CC.CCCCC(C(=N)c1ccc(F)cc1)C1(Nc2ccc(F)cc2F)C=C1NCCOC. The fourth-order valence-electron chi connectivity index (χ4n) is 3.81. The van der Waals surface area contributed by atoms with Crippen molar-refractivity contribution >= 4 is 11.4 Å². The molecule has 3 N–H and O–H groups in total. The third-order valence-corrected chi connectivity index (χ3v) is 5.53. The number of halogens is 3. The second-order valence-electron chi connectivity index (χ2n) is 7.71. The van der Waals surface area contributed by atoms with E-state index >= 15 is 0 Å². The Labute approximate surface area is 194 Å². The highest BCUT2D eigenvalue weighted by molar-refractivity contribution is 6.02. The molecular weight excluding hydrogens is 427 g/mol. The number of anilines is 1. The molecule has 180 valence electrons. The summed E-state index contributed by atoms with van der Waals surface area (Å²) in [6.45, 7) is 7.12. The van der Waals surface area contributed by atoms with Gasteiger partial charge >= 0.3 is 0 Å². The standard InChI is InChI=1S/C24H28F3N3O.C2H6/c1-3-4-5-19(23(28)16-6-8-17(25)9-7-16)24(15-22(24)29-12-13-31-2)30-21-11-10-18(26)14-20(21)27;1-2/h6-11,14-15,19,28-30H,3-5,12-13H2,1-2H3;1-2H3. The van der Waals surface area contributed by atoms with Crippen LogP contribution in [0.15, 0.2) is 54.2 Å². The van der Waals surface area contributed by atoms with Crippen LogP contribution in [0.1, 0.15) is 45.6 Å². The van der Waals surface area contributed by atoms with Gasteiger partial charge in [0.2, 0.25) is 0 Å². The average molecular weight is 462 g/mol. The minimum atomic E-state index is -0.812. The number of unbranched alkanes of at least 4 members (excludes halogenated alkanes) is 1. The number of nitrogens with one attached hydrogen (secondary N) is 3. The van der Waals surface area contributed by atoms with Crippen molar-refractivity contribution in [3.05, 3.63) is 77.3 Å². The summed E-state index contributed by atoms with van der Waals surface area (Å²) in [4.78, 5) is 0. The Kier molecular flexibility index (Phi) is 9.97. The highest BCUT2D eigenvalue weighted by Gasteiger charge is 2.52. The minimum Gasteiger partial charge on any atom is -0.384 e. The molecule has 1 aliphatic carbocycles. The number of hydrogen-bond donors (Lipinski definition) is 3. The van der Waals surface area contributed by atoms with Gasteiger partial charge in [0.05, 0.1) is 12.3 Å². The molecule has 2 aromatic rings. The fraction of sp³-hybridized carbons (Fsp3) is 0.423. The van der Waals surface area contributed by atoms with E-state index in [2.05, 4.69) is 17.6 Å². The lowest BCUT2D eigenvalue weighted by Crippen LogP contribution is -2.43. The molecule has 2 atom stereocenters. The Morgan fingerprint density at radius 2 is 1.73 bits per heavy atom. The third-order valence-electron chi connectivity index (χ3n) is 5.53. The molecule has 0 amide bonds. The summed E-state index contributed by atoms with van der Waals surface area (Å²) in [6.07, 6.45) is 4.40. The number of rotatable bonds is 12. The molecule has 1 aliphatic rings. The van der Waals surface area contributed by atoms with Gasteiger partial charge in [0.1, 0.15) is 23.0 Å². The van der Waals surface area contributed by atoms with Gasteiger partial charge in [-0.15, -0.1) is 0 Å². The first-order valence-corrected chi connectivity index (χ1v) is 11.4. The first kappa shape index (κ1) is 26.5. The van der Waals surface area contributed by atoms with E-state index in [9.17, 15) is 13.2 Å². The first-order chi connectivity index (χ1) is 15.9. The molecule has 4 nitrogen and oxygen atoms in total. The van der Waals surface area contributed by atoms with Crippen LogP contribution in [-0.2, 0) is 4.74 Å². The summed E-state index contributed by atoms with van der Waals surface area (Å²) in [5.41, 5.74) is 1.13. The number of methoxy groups -OCH3 is 1. The molecule has 7 heteroatoms. The van der Waals surface area contributed by atoms with E-state index in [0.29, 0.717) is 30.8 Å². The highest BCUT2D eigenvalue weighted by Crippen LogP contribution is 2.46. The van der Waals surface area contributed by atoms with Crippen LogP contribution in [0.5, 0.6) is 0 Å². The number of ether oxygens (including phenoxy) is 1. The molecule has 0 aliphatic heterocycles. The van der Waals surface area contributed by atoms with E-state index in [0.717, 1.165) is 24.6 Å². The van der Waals surface area contributed by atoms with Crippen molar-refractivity contribution in [2.75, 3.05) is 25.6 Å². The Morgan fingerprint density at radius 1 is 1.06 bits per heavy atom. The van der Waals surface area contributed by atoms with Gasteiger partial charge in [-0.2, -0.15) is 0 Å². The molecule has 3 rings (SSSR count). The van der Waals surface area contributed by atoms with Crippen LogP contribution in [0.25, 0.3) is 0 Å². The van der Waals surface area contributed by atoms with Crippen molar-refractivity contribution in [3.63, 3.8) is 0 Å². The third kappa shape index (κ3) is 6.60. The lowest BCUT2D eigenvalue weighted by molar-refractivity contribution is 0.201. The zero-order chi connectivity index (χ0) is 24.4. The van der Waals surface area contributed by atoms with Crippen molar-refractivity contribution in [2.45, 2.75) is 45.6 Å². The zero-order valence-electron chi connectivity index (χ0n) is 19.8. The molecule has 2 aromatic carbocycles. The van der Waals surface area contributed by atoms with E-state index in [-0.39, 0.29) is 17.4 Å². The summed E-state index contributed by atoms with van der Waals surface area (Å²) in [5.74, 6) is -2.04. The van der Waals surface area contributed by atoms with E-state index < -0.39 is 17.2 Å². The van der Waals surface area contributed by atoms with Gasteiger partial charge in [-0.25, -0.2) is 13.2 Å². The van der Waals surface area contributed by atoms with Gasteiger partial charge in [0.25, 0.3) is 0 Å². The Morgan fingerprint density at radius 3 is 2.33 bits per heavy atom. The van der Waals surface area contributed by atoms with Gasteiger partial charge in [-0.1, -0.05) is 45.7 Å². The van der Waals surface area contributed by atoms with Gasteiger partial charge in [0, 0.05) is 37.0 Å². The Hall–Kier alpha value is -2.80. The largest absolute Gasteiger partial charge is 0.384 e. The van der Waals surface area contributed by atoms with Gasteiger partial charge in [0.15, 0.2) is 0 Å². The Bertz CT molecular complexity index is 946. The number of hydrogen-bond acceptors (Lipinski definition) is 4. The summed E-state index contributed by atoms with van der Waals surface area (Å²) in [6, 6.07) is 9.24. The molecule has 0 bridgehead atoms. The summed E-state index contributed by atoms with van der Waals surface area (Å²) in [5, 5.41) is 15.4. The topological polar surface area (TPSA) is 57.1 Å². The van der Waals surface area contributed by atoms with Crippen LogP contribution < -0.4 is 10.6 Å². The molecule has 33 heavy (non-hydrogen) atoms. The summed E-state index contributed by atoms with van der Waals surface area (Å²) < 4.78 is 46.4. The highest BCUT2D eigenvalue weighted by atomic mass is 19.1. The normalized spacial score (nSPS) is 17.4. The predicted octanol–water partition coefficient (Wildman–Crippen LogP) is 6.29. The van der Waals surface area contributed by atoms with Gasteiger partial charge < -0.3 is 20.8 Å². The quantitative estimate of drug-likeness (QED) is 0.257.